The molecule has 3 bridgehead atoms. The molecule has 2 aromatic rings. The highest BCUT2D eigenvalue weighted by Gasteiger charge is 2.57. The Bertz CT molecular complexity index is 1050. The fourth-order valence-electron chi connectivity index (χ4n) is 6.87. The minimum Gasteiger partial charge on any atom is -0.488 e. The Kier molecular flexibility index (Phi) is 5.08. The number of fused-ring (bicyclic) bond motifs is 3. The first-order valence-electron chi connectivity index (χ1n) is 12.1. The zero-order valence-electron chi connectivity index (χ0n) is 19.6. The summed E-state index contributed by atoms with van der Waals surface area (Å²) in [7, 11) is 0. The molecule has 1 aliphatic heterocycles. The van der Waals surface area contributed by atoms with E-state index >= 15 is 4.39 Å². The van der Waals surface area contributed by atoms with Crippen molar-refractivity contribution in [3.05, 3.63) is 29.7 Å². The number of hydrogen-bond donors (Lipinski definition) is 2. The molecule has 0 spiro atoms. The van der Waals surface area contributed by atoms with Crippen molar-refractivity contribution in [3.63, 3.8) is 0 Å². The molecule has 0 radical (unpaired) electrons. The highest BCUT2D eigenvalue weighted by atomic mass is 19.1. The van der Waals surface area contributed by atoms with E-state index in [4.69, 9.17) is 4.74 Å². The van der Waals surface area contributed by atoms with Crippen LogP contribution in [0.2, 0.25) is 0 Å². The van der Waals surface area contributed by atoms with Gasteiger partial charge < -0.3 is 19.7 Å². The number of aromatic nitrogens is 1. The Morgan fingerprint density at radius 3 is 2.88 bits per heavy atom. The average Bonchev–Trinajstić information content (AvgIpc) is 3.12. The van der Waals surface area contributed by atoms with E-state index in [1.54, 1.807) is 6.07 Å². The summed E-state index contributed by atoms with van der Waals surface area (Å²) in [5, 5.41) is 11.6. The predicted octanol–water partition coefficient (Wildman–Crippen LogP) is 5.13. The summed E-state index contributed by atoms with van der Waals surface area (Å²) >= 11 is 0. The molecule has 5 rings (SSSR count). The number of H-pyrrole nitrogens is 1. The lowest BCUT2D eigenvalue weighted by Crippen LogP contribution is -2.64. The maximum Gasteiger partial charge on any atom is 0.223 e. The summed E-state index contributed by atoms with van der Waals surface area (Å²) in [6, 6.07) is 3.60. The molecule has 5 atom stereocenters. The van der Waals surface area contributed by atoms with Crippen molar-refractivity contribution in [2.75, 3.05) is 6.54 Å². The van der Waals surface area contributed by atoms with E-state index in [1.807, 2.05) is 37.9 Å². The molecule has 32 heavy (non-hydrogen) atoms. The smallest absolute Gasteiger partial charge is 0.223 e. The molecule has 1 aromatic carbocycles. The third kappa shape index (κ3) is 3.51. The molecule has 1 saturated heterocycles. The van der Waals surface area contributed by atoms with Crippen LogP contribution in [0.4, 0.5) is 4.39 Å². The third-order valence-corrected chi connectivity index (χ3v) is 8.33. The van der Waals surface area contributed by atoms with Crippen molar-refractivity contribution in [2.45, 2.75) is 89.9 Å². The van der Waals surface area contributed by atoms with Gasteiger partial charge in [-0.2, -0.15) is 0 Å². The highest BCUT2D eigenvalue weighted by molar-refractivity contribution is 5.87. The second kappa shape index (κ2) is 7.47. The van der Waals surface area contributed by atoms with Gasteiger partial charge in [0, 0.05) is 36.1 Å². The van der Waals surface area contributed by atoms with Gasteiger partial charge in [0.25, 0.3) is 0 Å². The lowest BCUT2D eigenvalue weighted by Gasteiger charge is -2.61. The van der Waals surface area contributed by atoms with Gasteiger partial charge in [-0.05, 0) is 80.9 Å². The highest BCUT2D eigenvalue weighted by Crippen LogP contribution is 2.57. The number of nitrogens with one attached hydrogen (secondary N) is 1. The van der Waals surface area contributed by atoms with Crippen LogP contribution >= 0.6 is 0 Å². The number of nitrogens with zero attached hydrogens (tertiary/aromatic N) is 1. The van der Waals surface area contributed by atoms with Crippen LogP contribution in [0.1, 0.15) is 77.7 Å². The van der Waals surface area contributed by atoms with E-state index in [2.05, 4.69) is 11.9 Å². The van der Waals surface area contributed by atoms with Crippen LogP contribution < -0.4 is 4.74 Å². The summed E-state index contributed by atoms with van der Waals surface area (Å²) in [4.78, 5) is 18.6. The van der Waals surface area contributed by atoms with Gasteiger partial charge in [0.2, 0.25) is 5.91 Å². The maximum absolute atomic E-state index is 15.3. The Labute approximate surface area is 189 Å². The van der Waals surface area contributed by atoms with Crippen molar-refractivity contribution in [3.8, 4) is 5.75 Å². The van der Waals surface area contributed by atoms with Gasteiger partial charge in [0.15, 0.2) is 11.6 Å². The number of amides is 1. The van der Waals surface area contributed by atoms with Crippen molar-refractivity contribution in [1.82, 2.24) is 9.88 Å². The van der Waals surface area contributed by atoms with Crippen LogP contribution in [0, 0.1) is 17.2 Å². The van der Waals surface area contributed by atoms with E-state index in [0.717, 1.165) is 37.8 Å². The topological polar surface area (TPSA) is 65.6 Å². The van der Waals surface area contributed by atoms with E-state index in [1.165, 1.54) is 0 Å². The molecular formula is C26H35FN2O3. The number of piperidine rings is 1. The molecule has 3 aliphatic rings. The minimum absolute atomic E-state index is 0.112. The van der Waals surface area contributed by atoms with Gasteiger partial charge in [-0.3, -0.25) is 4.79 Å². The van der Waals surface area contributed by atoms with Crippen LogP contribution in [-0.4, -0.2) is 45.2 Å². The molecule has 6 heteroatoms. The van der Waals surface area contributed by atoms with E-state index < -0.39 is 5.60 Å². The molecule has 2 heterocycles. The molecule has 5 nitrogen and oxygen atoms in total. The molecule has 2 N–H and O–H groups in total. The molecule has 174 valence electrons. The number of hydrogen-bond acceptors (Lipinski definition) is 3. The second-order valence-electron chi connectivity index (χ2n) is 11.2. The number of carbonyl (C=O) groups is 1. The zero-order valence-corrected chi connectivity index (χ0v) is 19.6. The van der Waals surface area contributed by atoms with Crippen molar-refractivity contribution >= 4 is 16.8 Å². The summed E-state index contributed by atoms with van der Waals surface area (Å²) in [5.74, 6) is 0.322. The Balaban J connectivity index is 1.37. The standard InChI is InChI=1S/C26H35FN2O3/c1-15(2)32-21-6-5-20-23(24(21)27)19(12-28-20)16(3)9-22(30)29-13-17-7-8-26(31)11-18(29)10-25(17,4)14-26/h5-6,12,15-18,28,31H,7-11,13-14H2,1-4H3. The summed E-state index contributed by atoms with van der Waals surface area (Å²) in [5.41, 5.74) is 1.05. The van der Waals surface area contributed by atoms with Crippen LogP contribution in [0.3, 0.4) is 0 Å². The zero-order chi connectivity index (χ0) is 22.8. The summed E-state index contributed by atoms with van der Waals surface area (Å²) in [6.45, 7) is 8.83. The molecule has 1 amide bonds. The number of likely N-dealkylation sites (tertiary alicyclic amines) is 1. The van der Waals surface area contributed by atoms with Gasteiger partial charge in [-0.1, -0.05) is 13.8 Å². The monoisotopic (exact) mass is 442 g/mol. The number of ether oxygens (including phenoxy) is 1. The van der Waals surface area contributed by atoms with Crippen LogP contribution in [0.5, 0.6) is 5.75 Å². The first kappa shape index (κ1) is 21.7. The summed E-state index contributed by atoms with van der Waals surface area (Å²) < 4.78 is 20.9. The number of benzene rings is 1. The van der Waals surface area contributed by atoms with Gasteiger partial charge >= 0.3 is 0 Å². The average molecular weight is 443 g/mol. The minimum atomic E-state index is -0.620. The van der Waals surface area contributed by atoms with Crippen molar-refractivity contribution in [2.24, 2.45) is 11.3 Å². The van der Waals surface area contributed by atoms with E-state index in [9.17, 15) is 9.90 Å². The van der Waals surface area contributed by atoms with Crippen molar-refractivity contribution in [1.29, 1.82) is 0 Å². The number of aromatic amines is 1. The lowest BCUT2D eigenvalue weighted by atomic mass is 9.52. The molecule has 2 aliphatic carbocycles. The third-order valence-electron chi connectivity index (χ3n) is 8.33. The van der Waals surface area contributed by atoms with Crippen LogP contribution in [0.25, 0.3) is 10.9 Å². The number of rotatable bonds is 5. The van der Waals surface area contributed by atoms with Crippen molar-refractivity contribution < 1.29 is 19.0 Å². The van der Waals surface area contributed by atoms with Gasteiger partial charge in [0.05, 0.1) is 11.7 Å². The second-order valence-corrected chi connectivity index (χ2v) is 11.2. The molecule has 2 saturated carbocycles. The normalized spacial score (nSPS) is 32.5. The number of carbonyl (C=O) groups excluding carboxylic acids is 1. The lowest BCUT2D eigenvalue weighted by molar-refractivity contribution is -0.178. The molecule has 1 aromatic heterocycles. The summed E-state index contributed by atoms with van der Waals surface area (Å²) in [6.07, 6.45) is 6.43. The number of aliphatic hydroxyl groups is 1. The Morgan fingerprint density at radius 1 is 1.34 bits per heavy atom. The fraction of sp³-hybridized carbons (Fsp3) is 0.654. The van der Waals surface area contributed by atoms with E-state index in [0.29, 0.717) is 29.7 Å². The molecular weight excluding hydrogens is 407 g/mol. The first-order valence-corrected chi connectivity index (χ1v) is 12.1. The van der Waals surface area contributed by atoms with Crippen LogP contribution in [0.15, 0.2) is 18.3 Å². The number of halogens is 1. The molecule has 3 fully saturated rings. The SMILES string of the molecule is CC(C)Oc1ccc2[nH]cc(C(C)CC(=O)N3CC4CCC5(O)CC3CC4(C)C5)c2c1F. The van der Waals surface area contributed by atoms with Gasteiger partial charge in [0.1, 0.15) is 0 Å². The molecule has 5 unspecified atom stereocenters. The van der Waals surface area contributed by atoms with Gasteiger partial charge in [-0.15, -0.1) is 0 Å². The predicted molar refractivity (Wildman–Crippen MR) is 122 cm³/mol. The largest absolute Gasteiger partial charge is 0.488 e. The van der Waals surface area contributed by atoms with Gasteiger partial charge in [-0.25, -0.2) is 4.39 Å². The quantitative estimate of drug-likeness (QED) is 0.675. The van der Waals surface area contributed by atoms with Crippen LogP contribution in [-0.2, 0) is 4.79 Å². The van der Waals surface area contributed by atoms with E-state index in [-0.39, 0.29) is 41.0 Å². The Morgan fingerprint density at radius 2 is 2.12 bits per heavy atom. The first-order chi connectivity index (χ1) is 15.1. The Hall–Kier alpha value is -2.08. The fourth-order valence-corrected chi connectivity index (χ4v) is 6.87. The maximum atomic E-state index is 15.3.